The van der Waals surface area contributed by atoms with E-state index in [2.05, 4.69) is 22.1 Å². The van der Waals surface area contributed by atoms with Crippen LogP contribution in [0.25, 0.3) is 0 Å². The largest absolute Gasteiger partial charge is 0.390 e. The summed E-state index contributed by atoms with van der Waals surface area (Å²) in [5, 5.41) is 2.49. The van der Waals surface area contributed by atoms with Crippen LogP contribution < -0.4 is 11.1 Å². The van der Waals surface area contributed by atoms with E-state index < -0.39 is 12.6 Å². The van der Waals surface area contributed by atoms with Crippen LogP contribution in [0.3, 0.4) is 0 Å². The summed E-state index contributed by atoms with van der Waals surface area (Å²) in [6.07, 6.45) is -2.83. The average Bonchev–Trinajstić information content (AvgIpc) is 2.71. The predicted octanol–water partition coefficient (Wildman–Crippen LogP) is 1.95. The first-order chi connectivity index (χ1) is 8.42. The van der Waals surface area contributed by atoms with Gasteiger partial charge in [0, 0.05) is 12.6 Å². The van der Waals surface area contributed by atoms with Gasteiger partial charge in [0.05, 0.1) is 13.0 Å². The molecule has 19 heavy (non-hydrogen) atoms. The predicted molar refractivity (Wildman–Crippen MR) is 80.8 cm³/mol. The summed E-state index contributed by atoms with van der Waals surface area (Å²) >= 11 is 0. The van der Waals surface area contributed by atoms with Crippen molar-refractivity contribution in [3.63, 3.8) is 0 Å². The summed E-state index contributed by atoms with van der Waals surface area (Å²) in [5.41, 5.74) is 5.52. The molecule has 0 aromatic heterocycles. The van der Waals surface area contributed by atoms with Crippen molar-refractivity contribution in [1.29, 1.82) is 0 Å². The molecule has 114 valence electrons. The normalized spacial score (nSPS) is 21.3. The number of likely N-dealkylation sites (N-methyl/N-ethyl adjacent to an activating group) is 1. The number of hydrogen-bond acceptors (Lipinski definition) is 2. The molecule has 1 unspecified atom stereocenters. The molecule has 0 aromatic rings. The van der Waals surface area contributed by atoms with Crippen LogP contribution in [0, 0.1) is 0 Å². The summed E-state index contributed by atoms with van der Waals surface area (Å²) in [4.78, 5) is 6.41. The van der Waals surface area contributed by atoms with Crippen molar-refractivity contribution in [3.05, 3.63) is 0 Å². The van der Waals surface area contributed by atoms with Gasteiger partial charge in [0.15, 0.2) is 5.96 Å². The lowest BCUT2D eigenvalue weighted by Gasteiger charge is -2.21. The SMILES string of the molecule is CCN1CCCC1CN=C(N)NCCC(F)(F)F.I. The van der Waals surface area contributed by atoms with E-state index in [-0.39, 0.29) is 36.5 Å². The highest BCUT2D eigenvalue weighted by molar-refractivity contribution is 14.0. The fourth-order valence-electron chi connectivity index (χ4n) is 2.11. The monoisotopic (exact) mass is 394 g/mol. The van der Waals surface area contributed by atoms with Crippen molar-refractivity contribution < 1.29 is 13.2 Å². The Bertz CT molecular complexity index is 284. The number of nitrogens with zero attached hydrogens (tertiary/aromatic N) is 2. The molecule has 1 heterocycles. The number of halogens is 4. The Labute approximate surface area is 129 Å². The second-order valence-electron chi connectivity index (χ2n) is 4.44. The third-order valence-electron chi connectivity index (χ3n) is 3.09. The molecule has 1 saturated heterocycles. The third kappa shape index (κ3) is 7.81. The minimum atomic E-state index is -4.16. The lowest BCUT2D eigenvalue weighted by molar-refractivity contribution is -0.132. The Balaban J connectivity index is 0.00000324. The second kappa shape index (κ2) is 8.83. The van der Waals surface area contributed by atoms with E-state index in [1.54, 1.807) is 0 Å². The van der Waals surface area contributed by atoms with Crippen LogP contribution in [0.15, 0.2) is 4.99 Å². The van der Waals surface area contributed by atoms with Crippen LogP contribution in [0.5, 0.6) is 0 Å². The van der Waals surface area contributed by atoms with Gasteiger partial charge in [-0.1, -0.05) is 6.92 Å². The molecule has 0 bridgehead atoms. The lowest BCUT2D eigenvalue weighted by Crippen LogP contribution is -2.37. The maximum absolute atomic E-state index is 11.9. The van der Waals surface area contributed by atoms with Crippen molar-refractivity contribution in [2.45, 2.75) is 38.4 Å². The number of guanidine groups is 1. The van der Waals surface area contributed by atoms with E-state index in [9.17, 15) is 13.2 Å². The highest BCUT2D eigenvalue weighted by Gasteiger charge is 2.26. The summed E-state index contributed by atoms with van der Waals surface area (Å²) in [5.74, 6) is 0.0993. The Morgan fingerprint density at radius 2 is 2.16 bits per heavy atom. The van der Waals surface area contributed by atoms with Crippen LogP contribution in [-0.4, -0.2) is 49.3 Å². The van der Waals surface area contributed by atoms with Crippen LogP contribution in [0.1, 0.15) is 26.2 Å². The van der Waals surface area contributed by atoms with Crippen LogP contribution in [0.4, 0.5) is 13.2 Å². The fourth-order valence-corrected chi connectivity index (χ4v) is 2.11. The Morgan fingerprint density at radius 1 is 1.47 bits per heavy atom. The zero-order chi connectivity index (χ0) is 13.6. The van der Waals surface area contributed by atoms with Gasteiger partial charge in [0.2, 0.25) is 0 Å². The molecule has 0 aliphatic carbocycles. The van der Waals surface area contributed by atoms with Gasteiger partial charge >= 0.3 is 6.18 Å². The first-order valence-electron chi connectivity index (χ1n) is 6.27. The molecule has 3 N–H and O–H groups in total. The van der Waals surface area contributed by atoms with E-state index in [1.807, 2.05) is 0 Å². The smallest absolute Gasteiger partial charge is 0.370 e. The molecular weight excluding hydrogens is 372 g/mol. The van der Waals surface area contributed by atoms with Crippen LogP contribution in [0.2, 0.25) is 0 Å². The molecule has 8 heteroatoms. The molecule has 0 spiro atoms. The number of aliphatic imine (C=N–C) groups is 1. The van der Waals surface area contributed by atoms with Crippen molar-refractivity contribution in [2.24, 2.45) is 10.7 Å². The molecule has 1 atom stereocenters. The summed E-state index contributed by atoms with van der Waals surface area (Å²) < 4.78 is 35.7. The van der Waals surface area contributed by atoms with Gasteiger partial charge in [-0.15, -0.1) is 24.0 Å². The molecule has 1 fully saturated rings. The third-order valence-corrected chi connectivity index (χ3v) is 3.09. The van der Waals surface area contributed by atoms with Crippen LogP contribution in [-0.2, 0) is 0 Å². The van der Waals surface area contributed by atoms with Gasteiger partial charge in [0.1, 0.15) is 0 Å². The Kier molecular flexibility index (Phi) is 8.71. The van der Waals surface area contributed by atoms with Crippen LogP contribution >= 0.6 is 24.0 Å². The Hall–Kier alpha value is -0.250. The summed E-state index contributed by atoms with van der Waals surface area (Å²) in [6, 6.07) is 0.373. The minimum Gasteiger partial charge on any atom is -0.370 e. The van der Waals surface area contributed by atoms with Crippen molar-refractivity contribution in [1.82, 2.24) is 10.2 Å². The maximum atomic E-state index is 11.9. The van der Waals surface area contributed by atoms with Crippen molar-refractivity contribution in [3.8, 4) is 0 Å². The zero-order valence-corrected chi connectivity index (χ0v) is 13.4. The van der Waals surface area contributed by atoms with Gasteiger partial charge in [0.25, 0.3) is 0 Å². The number of alkyl halides is 3. The van der Waals surface area contributed by atoms with Crippen molar-refractivity contribution in [2.75, 3.05) is 26.2 Å². The molecule has 1 rings (SSSR count). The molecule has 0 amide bonds. The number of likely N-dealkylation sites (tertiary alicyclic amines) is 1. The number of rotatable bonds is 5. The molecule has 0 aromatic carbocycles. The zero-order valence-electron chi connectivity index (χ0n) is 11.0. The molecule has 0 saturated carbocycles. The molecule has 0 radical (unpaired) electrons. The van der Waals surface area contributed by atoms with Gasteiger partial charge in [-0.05, 0) is 25.9 Å². The molecular formula is C11H22F3IN4. The van der Waals surface area contributed by atoms with Gasteiger partial charge in [-0.2, -0.15) is 13.2 Å². The van der Waals surface area contributed by atoms with E-state index in [0.29, 0.717) is 12.6 Å². The standard InChI is InChI=1S/C11H21F3N4.HI/c1-2-18-7-3-4-9(18)8-17-10(15)16-6-5-11(12,13)14;/h9H,2-8H2,1H3,(H3,15,16,17);1H. The first kappa shape index (κ1) is 18.8. The lowest BCUT2D eigenvalue weighted by atomic mass is 10.2. The van der Waals surface area contributed by atoms with Crippen molar-refractivity contribution >= 4 is 29.9 Å². The van der Waals surface area contributed by atoms with Gasteiger partial charge in [-0.25, -0.2) is 0 Å². The summed E-state index contributed by atoms with van der Waals surface area (Å²) in [6.45, 7) is 4.46. The first-order valence-corrected chi connectivity index (χ1v) is 6.27. The molecule has 1 aliphatic heterocycles. The fraction of sp³-hybridized carbons (Fsp3) is 0.909. The number of nitrogens with two attached hydrogens (primary N) is 1. The van der Waals surface area contributed by atoms with E-state index >= 15 is 0 Å². The average molecular weight is 394 g/mol. The summed E-state index contributed by atoms with van der Waals surface area (Å²) in [7, 11) is 0. The van der Waals surface area contributed by atoms with E-state index in [4.69, 9.17) is 5.73 Å². The number of nitrogens with one attached hydrogen (secondary N) is 1. The number of hydrogen-bond donors (Lipinski definition) is 2. The van der Waals surface area contributed by atoms with E-state index in [1.165, 1.54) is 0 Å². The highest BCUT2D eigenvalue weighted by atomic mass is 127. The molecule has 1 aliphatic rings. The second-order valence-corrected chi connectivity index (χ2v) is 4.44. The van der Waals surface area contributed by atoms with Gasteiger partial charge in [-0.3, -0.25) is 9.89 Å². The van der Waals surface area contributed by atoms with E-state index in [0.717, 1.165) is 25.9 Å². The Morgan fingerprint density at radius 3 is 2.74 bits per heavy atom. The molecule has 4 nitrogen and oxygen atoms in total. The minimum absolute atomic E-state index is 0. The highest BCUT2D eigenvalue weighted by Crippen LogP contribution is 2.18. The quantitative estimate of drug-likeness (QED) is 0.426. The topological polar surface area (TPSA) is 53.6 Å². The maximum Gasteiger partial charge on any atom is 0.390 e. The van der Waals surface area contributed by atoms with Gasteiger partial charge < -0.3 is 11.1 Å².